The zero-order valence-corrected chi connectivity index (χ0v) is 42.1. The normalized spacial score (nSPS) is 12.9. The molecule has 76 heavy (non-hydrogen) atoms. The molecule has 0 aromatic heterocycles. The molecule has 1 aliphatic carbocycles. The average Bonchev–Trinajstić information content (AvgIpc) is 3.54. The van der Waals surface area contributed by atoms with E-state index in [0.717, 1.165) is 34.1 Å². The molecular weight excluding hydrogens is 917 g/mol. The van der Waals surface area contributed by atoms with Crippen LogP contribution >= 0.6 is 0 Å². The Morgan fingerprint density at radius 1 is 0.158 bits per heavy atom. The molecule has 360 valence electrons. The molecule has 2 nitrogen and oxygen atoms in total. The topological polar surface area (TPSA) is 6.48 Å². The Balaban J connectivity index is 1.02. The van der Waals surface area contributed by atoms with Crippen LogP contribution in [-0.4, -0.2) is 0 Å². The van der Waals surface area contributed by atoms with Gasteiger partial charge in [-0.05, 0) is 140 Å². The van der Waals surface area contributed by atoms with Gasteiger partial charge in [-0.25, -0.2) is 0 Å². The van der Waals surface area contributed by atoms with Crippen molar-refractivity contribution in [1.29, 1.82) is 0 Å². The predicted molar refractivity (Wildman–Crippen MR) is 317 cm³/mol. The molecule has 12 aromatic carbocycles. The van der Waals surface area contributed by atoms with E-state index in [0.29, 0.717) is 0 Å². The van der Waals surface area contributed by atoms with Crippen LogP contribution in [0, 0.1) is 0 Å². The summed E-state index contributed by atoms with van der Waals surface area (Å²) in [5.41, 5.74) is 19.7. The lowest BCUT2D eigenvalue weighted by atomic mass is 9.50. The van der Waals surface area contributed by atoms with E-state index in [1.54, 1.807) is 0 Å². The summed E-state index contributed by atoms with van der Waals surface area (Å²) < 4.78 is 0. The minimum absolute atomic E-state index is 0.620. The van der Waals surface area contributed by atoms with Gasteiger partial charge in [-0.2, -0.15) is 0 Å². The van der Waals surface area contributed by atoms with E-state index in [2.05, 4.69) is 337 Å². The summed E-state index contributed by atoms with van der Waals surface area (Å²) >= 11 is 0. The van der Waals surface area contributed by atoms with Gasteiger partial charge in [-0.15, -0.1) is 0 Å². The number of para-hydroxylation sites is 2. The first-order chi connectivity index (χ1) is 37.7. The van der Waals surface area contributed by atoms with Gasteiger partial charge in [-0.1, -0.05) is 255 Å². The highest BCUT2D eigenvalue weighted by atomic mass is 15.1. The molecule has 1 aliphatic rings. The fraction of sp³-hybridized carbons (Fsp3) is 0.0270. The smallest absolute Gasteiger partial charge is 0.0708 e. The van der Waals surface area contributed by atoms with Gasteiger partial charge in [0.25, 0.3) is 0 Å². The van der Waals surface area contributed by atoms with Crippen molar-refractivity contribution in [3.8, 4) is 22.3 Å². The number of rotatable bonds is 12. The molecule has 0 bridgehead atoms. The van der Waals surface area contributed by atoms with Gasteiger partial charge in [0, 0.05) is 34.1 Å². The molecule has 0 amide bonds. The van der Waals surface area contributed by atoms with Gasteiger partial charge >= 0.3 is 0 Å². The SMILES string of the molecule is c1ccc(-c2ccc(N(c3ccccc3)c3ccc(C4(c5ccc(N(c6ccccc6)c6ccc(-c7ccccc7)cc6)cc5)c5ccccc5C(c5ccccc5)(c5ccccc5)c5ccccc54)cc3)cc2)cc1. The van der Waals surface area contributed by atoms with Gasteiger partial charge in [0.05, 0.1) is 10.8 Å². The Labute approximate surface area is 446 Å². The number of fused-ring (bicyclic) bond motifs is 2. The second-order valence-corrected chi connectivity index (χ2v) is 19.6. The van der Waals surface area contributed by atoms with E-state index < -0.39 is 10.8 Å². The lowest BCUT2D eigenvalue weighted by Gasteiger charge is -2.51. The van der Waals surface area contributed by atoms with Gasteiger partial charge in [0.15, 0.2) is 0 Å². The summed E-state index contributed by atoms with van der Waals surface area (Å²) in [6, 6.07) is 120. The fourth-order valence-electron chi connectivity index (χ4n) is 12.2. The van der Waals surface area contributed by atoms with Crippen LogP contribution < -0.4 is 9.80 Å². The number of nitrogens with zero attached hydrogens (tertiary/aromatic N) is 2. The van der Waals surface area contributed by atoms with Crippen LogP contribution in [0.1, 0.15) is 44.5 Å². The Kier molecular flexibility index (Phi) is 12.1. The van der Waals surface area contributed by atoms with Crippen LogP contribution in [0.5, 0.6) is 0 Å². The van der Waals surface area contributed by atoms with Crippen LogP contribution in [0.3, 0.4) is 0 Å². The number of hydrogen-bond acceptors (Lipinski definition) is 2. The first kappa shape index (κ1) is 46.1. The van der Waals surface area contributed by atoms with E-state index in [9.17, 15) is 0 Å². The summed E-state index contributed by atoms with van der Waals surface area (Å²) in [6.45, 7) is 0. The third kappa shape index (κ3) is 7.91. The summed E-state index contributed by atoms with van der Waals surface area (Å²) in [6.07, 6.45) is 0. The highest BCUT2D eigenvalue weighted by molar-refractivity contribution is 5.83. The van der Waals surface area contributed by atoms with Gasteiger partial charge < -0.3 is 9.80 Å². The summed E-state index contributed by atoms with van der Waals surface area (Å²) in [5.74, 6) is 0. The van der Waals surface area contributed by atoms with Crippen molar-refractivity contribution in [3.05, 3.63) is 372 Å². The van der Waals surface area contributed by atoms with Crippen molar-refractivity contribution in [2.24, 2.45) is 0 Å². The molecule has 0 saturated heterocycles. The highest BCUT2D eigenvalue weighted by Gasteiger charge is 2.53. The minimum Gasteiger partial charge on any atom is -0.311 e. The van der Waals surface area contributed by atoms with Crippen molar-refractivity contribution in [1.82, 2.24) is 0 Å². The van der Waals surface area contributed by atoms with Crippen molar-refractivity contribution >= 4 is 34.1 Å². The van der Waals surface area contributed by atoms with Crippen molar-refractivity contribution in [2.75, 3.05) is 9.80 Å². The van der Waals surface area contributed by atoms with Crippen LogP contribution in [-0.2, 0) is 10.8 Å². The first-order valence-corrected chi connectivity index (χ1v) is 26.2. The zero-order valence-electron chi connectivity index (χ0n) is 42.1. The second kappa shape index (κ2) is 19.9. The van der Waals surface area contributed by atoms with Crippen LogP contribution in [0.4, 0.5) is 34.1 Å². The maximum absolute atomic E-state index is 2.39. The van der Waals surface area contributed by atoms with Crippen LogP contribution in [0.15, 0.2) is 328 Å². The standard InChI is InChI=1S/C74H54N2/c1-7-23-55(24-8-1)57-39-47-65(48-40-57)75(63-31-15-5-16-32-63)67-51-43-61(44-52-67)74(62-45-53-68(54-46-62)76(64-33-17-6-18-34-64)66-49-41-58(42-50-66)56-25-9-2-10-26-56)71-37-21-19-35-69(71)73(59-27-11-3-12-28-59,60-29-13-4-14-30-60)70-36-20-22-38-72(70)74/h1-54H. The molecule has 0 saturated carbocycles. The fourth-order valence-corrected chi connectivity index (χ4v) is 12.2. The van der Waals surface area contributed by atoms with E-state index in [4.69, 9.17) is 0 Å². The molecule has 13 rings (SSSR count). The largest absolute Gasteiger partial charge is 0.311 e. The Bertz CT molecular complexity index is 3600. The lowest BCUT2D eigenvalue weighted by molar-refractivity contribution is 0.615. The summed E-state index contributed by atoms with van der Waals surface area (Å²) in [4.78, 5) is 4.73. The molecule has 0 spiro atoms. The molecule has 0 radical (unpaired) electrons. The zero-order chi connectivity index (χ0) is 50.7. The maximum atomic E-state index is 2.39. The van der Waals surface area contributed by atoms with E-state index in [1.165, 1.54) is 66.8 Å². The van der Waals surface area contributed by atoms with Gasteiger partial charge in [0.2, 0.25) is 0 Å². The highest BCUT2D eigenvalue weighted by Crippen LogP contribution is 2.60. The second-order valence-electron chi connectivity index (χ2n) is 19.6. The third-order valence-electron chi connectivity index (χ3n) is 15.5. The van der Waals surface area contributed by atoms with E-state index in [-0.39, 0.29) is 0 Å². The molecular formula is C74H54N2. The summed E-state index contributed by atoms with van der Waals surface area (Å²) in [5, 5.41) is 0. The van der Waals surface area contributed by atoms with Crippen molar-refractivity contribution < 1.29 is 0 Å². The summed E-state index contributed by atoms with van der Waals surface area (Å²) in [7, 11) is 0. The van der Waals surface area contributed by atoms with Crippen LogP contribution in [0.25, 0.3) is 22.3 Å². The first-order valence-electron chi connectivity index (χ1n) is 26.2. The maximum Gasteiger partial charge on any atom is 0.0708 e. The average molecular weight is 971 g/mol. The van der Waals surface area contributed by atoms with E-state index >= 15 is 0 Å². The molecule has 0 aliphatic heterocycles. The van der Waals surface area contributed by atoms with Crippen molar-refractivity contribution in [2.45, 2.75) is 10.8 Å². The molecule has 0 heterocycles. The lowest BCUT2D eigenvalue weighted by Crippen LogP contribution is -2.45. The number of hydrogen-bond donors (Lipinski definition) is 0. The van der Waals surface area contributed by atoms with Gasteiger partial charge in [-0.3, -0.25) is 0 Å². The minimum atomic E-state index is -0.749. The number of benzene rings is 12. The van der Waals surface area contributed by atoms with Crippen LogP contribution in [0.2, 0.25) is 0 Å². The molecule has 0 atom stereocenters. The third-order valence-corrected chi connectivity index (χ3v) is 15.5. The Morgan fingerprint density at radius 2 is 0.355 bits per heavy atom. The van der Waals surface area contributed by atoms with E-state index in [1.807, 2.05) is 0 Å². The number of anilines is 6. The Hall–Kier alpha value is -9.76. The molecule has 2 heteroatoms. The molecule has 0 N–H and O–H groups in total. The quantitative estimate of drug-likeness (QED) is 0.120. The predicted octanol–water partition coefficient (Wildman–Crippen LogP) is 19.0. The monoisotopic (exact) mass is 970 g/mol. The Morgan fingerprint density at radius 3 is 0.645 bits per heavy atom. The molecule has 0 unspecified atom stereocenters. The van der Waals surface area contributed by atoms with Gasteiger partial charge in [0.1, 0.15) is 0 Å². The van der Waals surface area contributed by atoms with Crippen molar-refractivity contribution in [3.63, 3.8) is 0 Å². The molecule has 0 fully saturated rings. The molecule has 12 aromatic rings.